The molecule has 3 heterocycles. The fourth-order valence-corrected chi connectivity index (χ4v) is 5.07. The van der Waals surface area contributed by atoms with E-state index in [9.17, 15) is 0 Å². The van der Waals surface area contributed by atoms with Crippen molar-refractivity contribution in [1.29, 1.82) is 0 Å². The number of likely N-dealkylation sites (tertiary alicyclic amines) is 2. The summed E-state index contributed by atoms with van der Waals surface area (Å²) in [6.07, 6.45) is 6.84. The van der Waals surface area contributed by atoms with Crippen molar-refractivity contribution in [2.75, 3.05) is 52.9 Å². The zero-order valence-electron chi connectivity index (χ0n) is 17.5. The van der Waals surface area contributed by atoms with E-state index in [1.54, 1.807) is 0 Å². The monoisotopic (exact) mass is 364 g/mol. The smallest absolute Gasteiger partial charge is 0.193 e. The predicted octanol–water partition coefficient (Wildman–Crippen LogP) is 2.82. The molecule has 0 aromatic rings. The fraction of sp³-hybridized carbons (Fsp3) is 0.952. The third kappa shape index (κ3) is 5.13. The molecule has 3 atom stereocenters. The topological polar surface area (TPSA) is 40.1 Å². The zero-order valence-corrected chi connectivity index (χ0v) is 17.5. The van der Waals surface area contributed by atoms with Gasteiger partial charge in [-0.05, 0) is 56.5 Å². The Kier molecular flexibility index (Phi) is 6.84. The van der Waals surface area contributed by atoms with Crippen molar-refractivity contribution in [3.05, 3.63) is 0 Å². The van der Waals surface area contributed by atoms with Gasteiger partial charge in [0.05, 0.1) is 6.10 Å². The van der Waals surface area contributed by atoms with Gasteiger partial charge in [0.2, 0.25) is 0 Å². The van der Waals surface area contributed by atoms with Gasteiger partial charge in [-0.2, -0.15) is 0 Å². The maximum absolute atomic E-state index is 6.14. The molecule has 150 valence electrons. The second-order valence-electron chi connectivity index (χ2n) is 9.60. The van der Waals surface area contributed by atoms with Gasteiger partial charge in [0.25, 0.3) is 0 Å². The maximum Gasteiger partial charge on any atom is 0.193 e. The lowest BCUT2D eigenvalue weighted by Gasteiger charge is -2.40. The predicted molar refractivity (Wildman–Crippen MR) is 109 cm³/mol. The van der Waals surface area contributed by atoms with Crippen LogP contribution in [-0.2, 0) is 4.74 Å². The molecule has 0 aliphatic carbocycles. The van der Waals surface area contributed by atoms with Crippen LogP contribution in [0.15, 0.2) is 4.99 Å². The van der Waals surface area contributed by atoms with E-state index in [-0.39, 0.29) is 5.41 Å². The highest BCUT2D eigenvalue weighted by Crippen LogP contribution is 2.33. The van der Waals surface area contributed by atoms with Crippen LogP contribution in [0.4, 0.5) is 0 Å². The first kappa shape index (κ1) is 19.9. The van der Waals surface area contributed by atoms with Crippen molar-refractivity contribution in [3.8, 4) is 0 Å². The SMILES string of the molecule is CN=C(NCC1CCCOC1C(C)(C)C)N1CCC(CN2CCCC2)C1. The Bertz CT molecular complexity index is 467. The number of hydrogen-bond acceptors (Lipinski definition) is 3. The van der Waals surface area contributed by atoms with Crippen LogP contribution < -0.4 is 5.32 Å². The Labute approximate surface area is 160 Å². The largest absolute Gasteiger partial charge is 0.377 e. The highest BCUT2D eigenvalue weighted by Gasteiger charge is 2.36. The Morgan fingerprint density at radius 2 is 1.88 bits per heavy atom. The molecule has 1 N–H and O–H groups in total. The third-order valence-corrected chi connectivity index (χ3v) is 6.33. The lowest BCUT2D eigenvalue weighted by molar-refractivity contribution is -0.0836. The number of ether oxygens (including phenoxy) is 1. The van der Waals surface area contributed by atoms with Gasteiger partial charge in [-0.3, -0.25) is 4.99 Å². The van der Waals surface area contributed by atoms with E-state index >= 15 is 0 Å². The summed E-state index contributed by atoms with van der Waals surface area (Å²) in [7, 11) is 1.93. The first-order valence-electron chi connectivity index (χ1n) is 10.8. The Hall–Kier alpha value is -0.810. The molecule has 3 aliphatic rings. The van der Waals surface area contributed by atoms with Gasteiger partial charge in [0.1, 0.15) is 0 Å². The van der Waals surface area contributed by atoms with E-state index < -0.39 is 0 Å². The normalized spacial score (nSPS) is 31.6. The summed E-state index contributed by atoms with van der Waals surface area (Å²) in [5, 5.41) is 3.68. The van der Waals surface area contributed by atoms with Gasteiger partial charge in [0, 0.05) is 45.8 Å². The van der Waals surface area contributed by atoms with E-state index in [1.165, 1.54) is 51.7 Å². The van der Waals surface area contributed by atoms with Gasteiger partial charge in [0.15, 0.2) is 5.96 Å². The summed E-state index contributed by atoms with van der Waals surface area (Å²) in [6.45, 7) is 15.0. The van der Waals surface area contributed by atoms with Crippen molar-refractivity contribution in [2.45, 2.75) is 59.0 Å². The molecule has 26 heavy (non-hydrogen) atoms. The standard InChI is InChI=1S/C21H40N4O/c1-21(2,3)19-18(8-7-13-26-19)14-23-20(22-4)25-12-9-17(16-25)15-24-10-5-6-11-24/h17-19H,5-16H2,1-4H3,(H,22,23). The average Bonchev–Trinajstić information content (AvgIpc) is 3.28. The van der Waals surface area contributed by atoms with Crippen molar-refractivity contribution in [1.82, 2.24) is 15.1 Å². The molecule has 0 amide bonds. The molecular weight excluding hydrogens is 324 g/mol. The number of nitrogens with one attached hydrogen (secondary N) is 1. The first-order valence-corrected chi connectivity index (χ1v) is 10.8. The van der Waals surface area contributed by atoms with Crippen LogP contribution in [-0.4, -0.2) is 74.8 Å². The van der Waals surface area contributed by atoms with E-state index in [0.29, 0.717) is 12.0 Å². The summed E-state index contributed by atoms with van der Waals surface area (Å²) in [5.74, 6) is 2.46. The van der Waals surface area contributed by atoms with Crippen LogP contribution in [0.25, 0.3) is 0 Å². The zero-order chi connectivity index (χ0) is 18.6. The Balaban J connectivity index is 1.48. The van der Waals surface area contributed by atoms with Gasteiger partial charge >= 0.3 is 0 Å². The molecule has 0 bridgehead atoms. The molecule has 5 heteroatoms. The van der Waals surface area contributed by atoms with E-state index in [1.807, 2.05) is 7.05 Å². The van der Waals surface area contributed by atoms with Crippen molar-refractivity contribution < 1.29 is 4.74 Å². The van der Waals surface area contributed by atoms with Gasteiger partial charge < -0.3 is 19.9 Å². The molecule has 5 nitrogen and oxygen atoms in total. The highest BCUT2D eigenvalue weighted by atomic mass is 16.5. The molecule has 0 aromatic heterocycles. The summed E-state index contributed by atoms with van der Waals surface area (Å²) in [6, 6.07) is 0. The Morgan fingerprint density at radius 3 is 2.58 bits per heavy atom. The molecule has 0 aromatic carbocycles. The number of nitrogens with zero attached hydrogens (tertiary/aromatic N) is 3. The molecule has 0 spiro atoms. The fourth-order valence-electron chi connectivity index (χ4n) is 5.07. The highest BCUT2D eigenvalue weighted by molar-refractivity contribution is 5.80. The lowest BCUT2D eigenvalue weighted by Crippen LogP contribution is -2.48. The van der Waals surface area contributed by atoms with Gasteiger partial charge in [-0.15, -0.1) is 0 Å². The van der Waals surface area contributed by atoms with E-state index in [4.69, 9.17) is 4.74 Å². The molecule has 3 saturated heterocycles. The van der Waals surface area contributed by atoms with Crippen molar-refractivity contribution in [2.24, 2.45) is 22.2 Å². The minimum absolute atomic E-state index is 0.199. The minimum atomic E-state index is 0.199. The number of aliphatic imine (C=N–C) groups is 1. The van der Waals surface area contributed by atoms with E-state index in [0.717, 1.165) is 38.1 Å². The number of guanidine groups is 1. The molecule has 0 saturated carbocycles. The second-order valence-corrected chi connectivity index (χ2v) is 9.60. The van der Waals surface area contributed by atoms with Crippen LogP contribution in [0.1, 0.15) is 52.9 Å². The lowest BCUT2D eigenvalue weighted by atomic mass is 9.78. The molecule has 3 rings (SSSR count). The molecule has 3 fully saturated rings. The minimum Gasteiger partial charge on any atom is -0.377 e. The first-order chi connectivity index (χ1) is 12.5. The Morgan fingerprint density at radius 1 is 1.12 bits per heavy atom. The van der Waals surface area contributed by atoms with Gasteiger partial charge in [-0.25, -0.2) is 0 Å². The molecular formula is C21H40N4O. The molecule has 3 unspecified atom stereocenters. The van der Waals surface area contributed by atoms with Crippen LogP contribution in [0.5, 0.6) is 0 Å². The summed E-state index contributed by atoms with van der Waals surface area (Å²) in [5.41, 5.74) is 0.199. The average molecular weight is 365 g/mol. The molecule has 0 radical (unpaired) electrons. The van der Waals surface area contributed by atoms with Crippen LogP contribution in [0, 0.1) is 17.3 Å². The van der Waals surface area contributed by atoms with Crippen LogP contribution in [0.3, 0.4) is 0 Å². The number of hydrogen-bond donors (Lipinski definition) is 1. The summed E-state index contributed by atoms with van der Waals surface area (Å²) < 4.78 is 6.14. The maximum atomic E-state index is 6.14. The van der Waals surface area contributed by atoms with Crippen LogP contribution in [0.2, 0.25) is 0 Å². The quantitative estimate of drug-likeness (QED) is 0.615. The molecule has 3 aliphatic heterocycles. The van der Waals surface area contributed by atoms with Crippen LogP contribution >= 0.6 is 0 Å². The number of rotatable bonds is 4. The third-order valence-electron chi connectivity index (χ3n) is 6.33. The summed E-state index contributed by atoms with van der Waals surface area (Å²) >= 11 is 0. The summed E-state index contributed by atoms with van der Waals surface area (Å²) in [4.78, 5) is 9.70. The van der Waals surface area contributed by atoms with Gasteiger partial charge in [-0.1, -0.05) is 20.8 Å². The van der Waals surface area contributed by atoms with E-state index in [2.05, 4.69) is 40.9 Å². The van der Waals surface area contributed by atoms with Crippen molar-refractivity contribution >= 4 is 5.96 Å². The van der Waals surface area contributed by atoms with Crippen molar-refractivity contribution in [3.63, 3.8) is 0 Å². The second kappa shape index (κ2) is 8.92.